The van der Waals surface area contributed by atoms with Crippen LogP contribution in [0.5, 0.6) is 0 Å². The van der Waals surface area contributed by atoms with Gasteiger partial charge in [0.1, 0.15) is 0 Å². The van der Waals surface area contributed by atoms with Gasteiger partial charge in [-0.15, -0.1) is 0 Å². The number of rotatable bonds is 4. The number of benzene rings is 1. The Morgan fingerprint density at radius 2 is 1.73 bits per heavy atom. The van der Waals surface area contributed by atoms with Gasteiger partial charge in [-0.1, -0.05) is 22.0 Å². The third kappa shape index (κ3) is 3.62. The van der Waals surface area contributed by atoms with E-state index in [4.69, 9.17) is 0 Å². The molecule has 0 atom stereocenters. The fourth-order valence-corrected chi connectivity index (χ4v) is 1.51. The maximum Gasteiger partial charge on any atom is 0.230 e. The van der Waals surface area contributed by atoms with Crippen LogP contribution in [0.1, 0.15) is 11.1 Å². The van der Waals surface area contributed by atoms with Crippen molar-refractivity contribution in [3.8, 4) is 0 Å². The van der Waals surface area contributed by atoms with Crippen molar-refractivity contribution in [3.05, 3.63) is 54.0 Å². The largest absolute Gasteiger partial charge is 0.264 e. The van der Waals surface area contributed by atoms with Gasteiger partial charge in [-0.25, -0.2) is 0 Å². The molecule has 0 radical (unpaired) electrons. The topological polar surface area (TPSA) is 86.3 Å². The second kappa shape index (κ2) is 4.83. The summed E-state index contributed by atoms with van der Waals surface area (Å²) in [6.45, 7) is -0.663. The van der Waals surface area contributed by atoms with E-state index in [1.807, 2.05) is 0 Å². The molecular weight excluding hydrogens is 268 g/mol. The Kier molecular flexibility index (Phi) is 3.73. The van der Waals surface area contributed by atoms with Crippen molar-refractivity contribution in [2.24, 2.45) is 0 Å². The van der Waals surface area contributed by atoms with Crippen LogP contribution >= 0.6 is 15.9 Å². The Hall–Kier alpha value is -1.50. The third-order valence-electron chi connectivity index (χ3n) is 1.72. The predicted octanol–water partition coefficient (Wildman–Crippen LogP) is 2.00. The van der Waals surface area contributed by atoms with Gasteiger partial charge in [0.05, 0.1) is 0 Å². The summed E-state index contributed by atoms with van der Waals surface area (Å²) in [5.41, 5.74) is 0.902. The predicted molar refractivity (Wildman–Crippen MR) is 55.5 cm³/mol. The second-order valence-corrected chi connectivity index (χ2v) is 3.76. The zero-order valence-electron chi connectivity index (χ0n) is 7.55. The maximum absolute atomic E-state index is 10.3. The van der Waals surface area contributed by atoms with Gasteiger partial charge >= 0.3 is 0 Å². The lowest BCUT2D eigenvalue weighted by Crippen LogP contribution is -2.02. The molecule has 0 bridgehead atoms. The average Bonchev–Trinajstić information content (AvgIpc) is 2.09. The standard InChI is InChI=1S/C8H7BrN2O4/c9-8-2-1-6(4-10(12)13)3-7(8)5-11(14)15/h1-3H,4-5H2. The number of hydrogen-bond acceptors (Lipinski definition) is 4. The molecule has 0 amide bonds. The van der Waals surface area contributed by atoms with Crippen LogP contribution in [-0.2, 0) is 13.1 Å². The molecule has 0 heterocycles. The van der Waals surface area contributed by atoms with Gasteiger partial charge in [-0.05, 0) is 12.1 Å². The molecule has 15 heavy (non-hydrogen) atoms. The fraction of sp³-hybridized carbons (Fsp3) is 0.250. The lowest BCUT2D eigenvalue weighted by Gasteiger charge is -2.01. The van der Waals surface area contributed by atoms with Crippen LogP contribution in [-0.4, -0.2) is 9.85 Å². The van der Waals surface area contributed by atoms with Crippen molar-refractivity contribution >= 4 is 15.9 Å². The van der Waals surface area contributed by atoms with Crippen LogP contribution in [0, 0.1) is 20.2 Å². The zero-order valence-corrected chi connectivity index (χ0v) is 9.14. The fourth-order valence-electron chi connectivity index (χ4n) is 1.14. The molecule has 0 aliphatic carbocycles. The van der Waals surface area contributed by atoms with Crippen LogP contribution in [0.25, 0.3) is 0 Å². The Morgan fingerprint density at radius 3 is 2.27 bits per heavy atom. The number of nitrogens with zero attached hydrogens (tertiary/aromatic N) is 2. The Morgan fingerprint density at radius 1 is 1.13 bits per heavy atom. The molecule has 80 valence electrons. The van der Waals surface area contributed by atoms with E-state index in [9.17, 15) is 20.2 Å². The molecule has 0 unspecified atom stereocenters. The van der Waals surface area contributed by atoms with E-state index < -0.39 is 9.85 Å². The van der Waals surface area contributed by atoms with E-state index >= 15 is 0 Å². The molecule has 1 aromatic rings. The van der Waals surface area contributed by atoms with E-state index in [0.717, 1.165) is 0 Å². The average molecular weight is 275 g/mol. The first-order valence-electron chi connectivity index (χ1n) is 4.00. The van der Waals surface area contributed by atoms with Gasteiger partial charge in [0, 0.05) is 25.4 Å². The Balaban J connectivity index is 2.94. The molecule has 1 aromatic carbocycles. The van der Waals surface area contributed by atoms with Gasteiger partial charge in [-0.2, -0.15) is 0 Å². The highest BCUT2D eigenvalue weighted by Crippen LogP contribution is 2.19. The molecule has 0 saturated carbocycles. The molecule has 0 spiro atoms. The van der Waals surface area contributed by atoms with E-state index in [0.29, 0.717) is 15.6 Å². The zero-order chi connectivity index (χ0) is 11.4. The first-order chi connectivity index (χ1) is 6.99. The second-order valence-electron chi connectivity index (χ2n) is 2.91. The van der Waals surface area contributed by atoms with Crippen LogP contribution in [0.3, 0.4) is 0 Å². The Labute approximate surface area is 93.3 Å². The number of halogens is 1. The van der Waals surface area contributed by atoms with Gasteiger partial charge in [-0.3, -0.25) is 20.2 Å². The lowest BCUT2D eigenvalue weighted by molar-refractivity contribution is -0.498. The monoisotopic (exact) mass is 274 g/mol. The van der Waals surface area contributed by atoms with Crippen LogP contribution < -0.4 is 0 Å². The highest BCUT2D eigenvalue weighted by Gasteiger charge is 2.10. The van der Waals surface area contributed by atoms with Crippen LogP contribution in [0.4, 0.5) is 0 Å². The van der Waals surface area contributed by atoms with Crippen molar-refractivity contribution in [1.29, 1.82) is 0 Å². The smallest absolute Gasteiger partial charge is 0.230 e. The number of hydrogen-bond donors (Lipinski definition) is 0. The number of nitro groups is 2. The minimum absolute atomic E-state index is 0.321. The van der Waals surface area contributed by atoms with Gasteiger partial charge in [0.15, 0.2) is 0 Å². The molecular formula is C8H7BrN2O4. The molecule has 0 aromatic heterocycles. The van der Waals surface area contributed by atoms with Crippen molar-refractivity contribution < 1.29 is 9.85 Å². The highest BCUT2D eigenvalue weighted by molar-refractivity contribution is 9.10. The molecule has 0 fully saturated rings. The molecule has 1 rings (SSSR count). The maximum atomic E-state index is 10.3. The highest BCUT2D eigenvalue weighted by atomic mass is 79.9. The minimum Gasteiger partial charge on any atom is -0.264 e. The summed E-state index contributed by atoms with van der Waals surface area (Å²) in [5.74, 6) is 0. The van der Waals surface area contributed by atoms with Crippen molar-refractivity contribution in [1.82, 2.24) is 0 Å². The van der Waals surface area contributed by atoms with Crippen molar-refractivity contribution in [2.75, 3.05) is 0 Å². The molecule has 6 nitrogen and oxygen atoms in total. The molecule has 0 saturated heterocycles. The van der Waals surface area contributed by atoms with Gasteiger partial charge < -0.3 is 0 Å². The van der Waals surface area contributed by atoms with E-state index in [1.54, 1.807) is 12.1 Å². The lowest BCUT2D eigenvalue weighted by atomic mass is 10.1. The minimum atomic E-state index is -0.476. The summed E-state index contributed by atoms with van der Waals surface area (Å²) in [6, 6.07) is 4.61. The summed E-state index contributed by atoms with van der Waals surface area (Å²) >= 11 is 3.15. The molecule has 7 heteroatoms. The van der Waals surface area contributed by atoms with Crippen molar-refractivity contribution in [2.45, 2.75) is 13.1 Å². The summed E-state index contributed by atoms with van der Waals surface area (Å²) < 4.78 is 0.589. The molecule has 0 aliphatic rings. The van der Waals surface area contributed by atoms with Crippen LogP contribution in [0.15, 0.2) is 22.7 Å². The first-order valence-corrected chi connectivity index (χ1v) is 4.79. The third-order valence-corrected chi connectivity index (χ3v) is 2.49. The first kappa shape index (κ1) is 11.6. The van der Waals surface area contributed by atoms with E-state index in [1.165, 1.54) is 6.07 Å². The van der Waals surface area contributed by atoms with Gasteiger partial charge in [0.25, 0.3) is 0 Å². The summed E-state index contributed by atoms with van der Waals surface area (Å²) in [7, 11) is 0. The SMILES string of the molecule is O=[N+]([O-])Cc1ccc(Br)c(C[N+](=O)[O-])c1. The van der Waals surface area contributed by atoms with Crippen LogP contribution in [0.2, 0.25) is 0 Å². The summed E-state index contributed by atoms with van der Waals surface area (Å²) in [6.07, 6.45) is 0. The van der Waals surface area contributed by atoms with Gasteiger partial charge in [0.2, 0.25) is 13.1 Å². The summed E-state index contributed by atoms with van der Waals surface area (Å²) in [4.78, 5) is 19.6. The summed E-state index contributed by atoms with van der Waals surface area (Å²) in [5, 5.41) is 20.6. The van der Waals surface area contributed by atoms with Crippen molar-refractivity contribution in [3.63, 3.8) is 0 Å². The van der Waals surface area contributed by atoms with E-state index in [2.05, 4.69) is 15.9 Å². The molecule has 0 aliphatic heterocycles. The quantitative estimate of drug-likeness (QED) is 0.621. The molecule has 0 N–H and O–H groups in total. The Bertz CT molecular complexity index is 408. The normalized spacial score (nSPS) is 9.93. The van der Waals surface area contributed by atoms with E-state index in [-0.39, 0.29) is 13.1 Å².